The van der Waals surface area contributed by atoms with Gasteiger partial charge in [0.25, 0.3) is 0 Å². The predicted octanol–water partition coefficient (Wildman–Crippen LogP) is 3.43. The van der Waals surface area contributed by atoms with Crippen LogP contribution in [0.1, 0.15) is 44.1 Å². The molecule has 0 saturated heterocycles. The summed E-state index contributed by atoms with van der Waals surface area (Å²) < 4.78 is 17.9. The lowest BCUT2D eigenvalue weighted by Crippen LogP contribution is -2.41. The van der Waals surface area contributed by atoms with Crippen molar-refractivity contribution < 1.29 is 13.9 Å². The molecule has 0 aromatic heterocycles. The van der Waals surface area contributed by atoms with Gasteiger partial charge in [-0.05, 0) is 30.5 Å². The lowest BCUT2D eigenvalue weighted by molar-refractivity contribution is -0.147. The van der Waals surface area contributed by atoms with Crippen molar-refractivity contribution in [2.24, 2.45) is 5.92 Å². The van der Waals surface area contributed by atoms with E-state index in [1.807, 2.05) is 0 Å². The Morgan fingerprint density at radius 3 is 2.52 bits per heavy atom. The topological polar surface area (TPSA) is 38.3 Å². The molecule has 2 atom stereocenters. The molecule has 1 aromatic rings. The van der Waals surface area contributed by atoms with E-state index in [-0.39, 0.29) is 23.7 Å². The van der Waals surface area contributed by atoms with Gasteiger partial charge in [-0.1, -0.05) is 37.8 Å². The first-order valence-corrected chi connectivity index (χ1v) is 7.76. The summed E-state index contributed by atoms with van der Waals surface area (Å²) in [4.78, 5) is 12.0. The fourth-order valence-electron chi connectivity index (χ4n) is 3.01. The van der Waals surface area contributed by atoms with Gasteiger partial charge in [0.1, 0.15) is 5.82 Å². The van der Waals surface area contributed by atoms with E-state index in [1.165, 1.54) is 32.1 Å². The van der Waals surface area contributed by atoms with E-state index in [0.29, 0.717) is 6.54 Å². The molecule has 4 heteroatoms. The number of halogens is 1. The molecule has 0 heterocycles. The molecule has 0 spiro atoms. The average molecular weight is 293 g/mol. The number of hydrogen-bond donors (Lipinski definition) is 1. The molecule has 1 saturated carbocycles. The number of ether oxygens (including phenoxy) is 1. The van der Waals surface area contributed by atoms with Gasteiger partial charge in [0.15, 0.2) is 0 Å². The Kier molecular flexibility index (Phi) is 6.18. The maximum atomic E-state index is 12.9. The Bertz CT molecular complexity index is 447. The summed E-state index contributed by atoms with van der Waals surface area (Å²) in [6.07, 6.45) is 6.50. The van der Waals surface area contributed by atoms with Gasteiger partial charge >= 0.3 is 5.97 Å². The Labute approximate surface area is 125 Å². The van der Waals surface area contributed by atoms with Crippen molar-refractivity contribution in [3.8, 4) is 0 Å². The van der Waals surface area contributed by atoms with E-state index in [0.717, 1.165) is 31.2 Å². The van der Waals surface area contributed by atoms with Crippen molar-refractivity contribution in [2.75, 3.05) is 7.11 Å². The highest BCUT2D eigenvalue weighted by atomic mass is 19.1. The number of carbonyl (C=O) groups is 1. The molecule has 1 aliphatic carbocycles. The van der Waals surface area contributed by atoms with Crippen LogP contribution in [0.4, 0.5) is 4.39 Å². The monoisotopic (exact) mass is 293 g/mol. The molecule has 0 aliphatic heterocycles. The standard InChI is InChI=1S/C17H24FNO2/c1-21-17(20)15-6-4-2-3-5-7-16(15)19-12-13-8-10-14(18)11-9-13/h8-11,15-16,19H,2-7,12H2,1H3. The molecule has 1 fully saturated rings. The van der Waals surface area contributed by atoms with Crippen molar-refractivity contribution >= 4 is 5.97 Å². The molecular weight excluding hydrogens is 269 g/mol. The van der Waals surface area contributed by atoms with Crippen molar-refractivity contribution in [2.45, 2.75) is 51.1 Å². The van der Waals surface area contributed by atoms with E-state index in [9.17, 15) is 9.18 Å². The van der Waals surface area contributed by atoms with Gasteiger partial charge in [-0.15, -0.1) is 0 Å². The van der Waals surface area contributed by atoms with Crippen LogP contribution < -0.4 is 5.32 Å². The lowest BCUT2D eigenvalue weighted by Gasteiger charge is -2.28. The second-order valence-corrected chi connectivity index (χ2v) is 5.74. The Morgan fingerprint density at radius 1 is 1.19 bits per heavy atom. The highest BCUT2D eigenvalue weighted by Gasteiger charge is 2.29. The maximum absolute atomic E-state index is 12.9. The summed E-state index contributed by atoms with van der Waals surface area (Å²) in [6, 6.07) is 6.62. The van der Waals surface area contributed by atoms with Crippen molar-refractivity contribution in [3.63, 3.8) is 0 Å². The van der Waals surface area contributed by atoms with E-state index >= 15 is 0 Å². The number of carbonyl (C=O) groups excluding carboxylic acids is 1. The van der Waals surface area contributed by atoms with Crippen LogP contribution in [0.15, 0.2) is 24.3 Å². The van der Waals surface area contributed by atoms with Crippen LogP contribution in [0.25, 0.3) is 0 Å². The molecule has 1 N–H and O–H groups in total. The fraction of sp³-hybridized carbons (Fsp3) is 0.588. The second-order valence-electron chi connectivity index (χ2n) is 5.74. The molecule has 21 heavy (non-hydrogen) atoms. The first kappa shape index (κ1) is 16.0. The summed E-state index contributed by atoms with van der Waals surface area (Å²) in [6.45, 7) is 0.651. The number of esters is 1. The van der Waals surface area contributed by atoms with Crippen LogP contribution in [0, 0.1) is 11.7 Å². The zero-order valence-electron chi connectivity index (χ0n) is 12.6. The van der Waals surface area contributed by atoms with E-state index < -0.39 is 0 Å². The lowest BCUT2D eigenvalue weighted by atomic mass is 9.86. The number of benzene rings is 1. The zero-order chi connectivity index (χ0) is 15.1. The maximum Gasteiger partial charge on any atom is 0.310 e. The Balaban J connectivity index is 1.98. The third kappa shape index (κ3) is 4.81. The first-order chi connectivity index (χ1) is 10.2. The minimum atomic E-state index is -0.225. The normalized spacial score (nSPS) is 23.1. The van der Waals surface area contributed by atoms with Crippen LogP contribution in [0.2, 0.25) is 0 Å². The molecule has 116 valence electrons. The molecule has 0 bridgehead atoms. The van der Waals surface area contributed by atoms with Gasteiger partial charge in [0, 0.05) is 12.6 Å². The van der Waals surface area contributed by atoms with E-state index in [1.54, 1.807) is 12.1 Å². The molecule has 1 aliphatic rings. The minimum absolute atomic E-state index is 0.0734. The number of rotatable bonds is 4. The highest BCUT2D eigenvalue weighted by molar-refractivity contribution is 5.73. The van der Waals surface area contributed by atoms with E-state index in [2.05, 4.69) is 5.32 Å². The summed E-state index contributed by atoms with van der Waals surface area (Å²) >= 11 is 0. The number of methoxy groups -OCH3 is 1. The molecule has 0 amide bonds. The number of hydrogen-bond acceptors (Lipinski definition) is 3. The quantitative estimate of drug-likeness (QED) is 0.864. The molecule has 3 nitrogen and oxygen atoms in total. The van der Waals surface area contributed by atoms with Gasteiger partial charge in [-0.25, -0.2) is 4.39 Å². The van der Waals surface area contributed by atoms with Crippen LogP contribution >= 0.6 is 0 Å². The average Bonchev–Trinajstić information content (AvgIpc) is 2.47. The van der Waals surface area contributed by atoms with Crippen LogP contribution in [-0.4, -0.2) is 19.1 Å². The molecule has 2 unspecified atom stereocenters. The van der Waals surface area contributed by atoms with Gasteiger partial charge in [0.05, 0.1) is 13.0 Å². The summed E-state index contributed by atoms with van der Waals surface area (Å²) in [5.41, 5.74) is 1.03. The van der Waals surface area contributed by atoms with Gasteiger partial charge in [0.2, 0.25) is 0 Å². The van der Waals surface area contributed by atoms with Gasteiger partial charge < -0.3 is 10.1 Å². The van der Waals surface area contributed by atoms with Crippen LogP contribution in [0.3, 0.4) is 0 Å². The predicted molar refractivity (Wildman–Crippen MR) is 80.2 cm³/mol. The van der Waals surface area contributed by atoms with E-state index in [4.69, 9.17) is 4.74 Å². The van der Waals surface area contributed by atoms with Crippen LogP contribution in [-0.2, 0) is 16.1 Å². The molecular formula is C17H24FNO2. The SMILES string of the molecule is COC(=O)C1CCCCCCC1NCc1ccc(F)cc1. The zero-order valence-corrected chi connectivity index (χ0v) is 12.6. The third-order valence-electron chi connectivity index (χ3n) is 4.25. The Hall–Kier alpha value is -1.42. The first-order valence-electron chi connectivity index (χ1n) is 7.76. The molecule has 1 aromatic carbocycles. The van der Waals surface area contributed by atoms with Gasteiger partial charge in [-0.3, -0.25) is 4.79 Å². The van der Waals surface area contributed by atoms with Crippen molar-refractivity contribution in [1.82, 2.24) is 5.32 Å². The van der Waals surface area contributed by atoms with Crippen molar-refractivity contribution in [3.05, 3.63) is 35.6 Å². The molecule has 0 radical (unpaired) electrons. The number of nitrogens with one attached hydrogen (secondary N) is 1. The second kappa shape index (κ2) is 8.13. The summed E-state index contributed by atoms with van der Waals surface area (Å²) in [5.74, 6) is -0.415. The minimum Gasteiger partial charge on any atom is -0.469 e. The van der Waals surface area contributed by atoms with Gasteiger partial charge in [-0.2, -0.15) is 0 Å². The highest BCUT2D eigenvalue weighted by Crippen LogP contribution is 2.24. The summed E-state index contributed by atoms with van der Waals surface area (Å²) in [7, 11) is 1.46. The van der Waals surface area contributed by atoms with Crippen molar-refractivity contribution in [1.29, 1.82) is 0 Å². The smallest absolute Gasteiger partial charge is 0.310 e. The third-order valence-corrected chi connectivity index (χ3v) is 4.25. The summed E-state index contributed by atoms with van der Waals surface area (Å²) in [5, 5.41) is 3.47. The Morgan fingerprint density at radius 2 is 1.86 bits per heavy atom. The largest absolute Gasteiger partial charge is 0.469 e. The molecule has 2 rings (SSSR count). The fourth-order valence-corrected chi connectivity index (χ4v) is 3.01. The van der Waals surface area contributed by atoms with Crippen LogP contribution in [0.5, 0.6) is 0 Å².